The van der Waals surface area contributed by atoms with Gasteiger partial charge in [-0.05, 0) is 43.2 Å². The van der Waals surface area contributed by atoms with Crippen LogP contribution in [0.3, 0.4) is 0 Å². The zero-order valence-corrected chi connectivity index (χ0v) is 17.6. The molecule has 1 aromatic heterocycles. The van der Waals surface area contributed by atoms with Gasteiger partial charge in [-0.2, -0.15) is 0 Å². The minimum absolute atomic E-state index is 0.0256. The molecule has 0 aliphatic heterocycles. The number of thiazole rings is 1. The number of hydrogen-bond donors (Lipinski definition) is 1. The molecule has 0 unspecified atom stereocenters. The molecule has 0 aliphatic carbocycles. The summed E-state index contributed by atoms with van der Waals surface area (Å²) in [5, 5.41) is 0. The lowest BCUT2D eigenvalue weighted by atomic mass is 10.1. The van der Waals surface area contributed by atoms with Crippen LogP contribution in [0, 0.1) is 13.8 Å². The number of sulfonamides is 1. The fourth-order valence-electron chi connectivity index (χ4n) is 2.60. The van der Waals surface area contributed by atoms with Crippen LogP contribution in [0.5, 0.6) is 0 Å². The first kappa shape index (κ1) is 19.8. The number of hydrogen-bond acceptors (Lipinski definition) is 6. The highest BCUT2D eigenvalue weighted by molar-refractivity contribution is 7.93. The van der Waals surface area contributed by atoms with Crippen LogP contribution in [0.15, 0.2) is 40.7 Å². The fourth-order valence-corrected chi connectivity index (χ4v) is 6.23. The molecule has 0 amide bonds. The van der Waals surface area contributed by atoms with Gasteiger partial charge in [-0.15, -0.1) is 11.3 Å². The average molecular weight is 425 g/mol. The number of benzene rings is 2. The summed E-state index contributed by atoms with van der Waals surface area (Å²) in [6, 6.07) is 10.5. The van der Waals surface area contributed by atoms with Crippen LogP contribution in [0.1, 0.15) is 23.6 Å². The number of nitrogens with one attached hydrogen (secondary N) is 1. The lowest BCUT2D eigenvalue weighted by Gasteiger charge is -2.10. The predicted molar refractivity (Wildman–Crippen MR) is 110 cm³/mol. The summed E-state index contributed by atoms with van der Waals surface area (Å²) in [5.74, 6) is -0.154. The zero-order valence-electron chi connectivity index (χ0n) is 15.2. The second-order valence-electron chi connectivity index (χ2n) is 6.36. The second kappa shape index (κ2) is 7.21. The molecule has 0 spiro atoms. The molecule has 27 heavy (non-hydrogen) atoms. The maximum absolute atomic E-state index is 12.6. The van der Waals surface area contributed by atoms with E-state index in [0.29, 0.717) is 15.9 Å². The van der Waals surface area contributed by atoms with Crippen molar-refractivity contribution in [1.82, 2.24) is 4.98 Å². The van der Waals surface area contributed by atoms with Crippen molar-refractivity contribution in [2.24, 2.45) is 0 Å². The van der Waals surface area contributed by atoms with Gasteiger partial charge in [0.05, 0.1) is 27.4 Å². The summed E-state index contributed by atoms with van der Waals surface area (Å²) in [7, 11) is -6.99. The first-order chi connectivity index (χ1) is 12.6. The van der Waals surface area contributed by atoms with Crippen LogP contribution in [0.25, 0.3) is 10.2 Å². The van der Waals surface area contributed by atoms with Crippen molar-refractivity contribution in [3.8, 4) is 0 Å². The number of aromatic nitrogens is 1. The predicted octanol–water partition coefficient (Wildman–Crippen LogP) is 3.65. The third-order valence-corrected chi connectivity index (χ3v) is 8.58. The van der Waals surface area contributed by atoms with Gasteiger partial charge in [-0.3, -0.25) is 4.72 Å². The van der Waals surface area contributed by atoms with Crippen LogP contribution in [-0.2, 0) is 25.6 Å². The van der Waals surface area contributed by atoms with E-state index in [2.05, 4.69) is 9.71 Å². The van der Waals surface area contributed by atoms with Gasteiger partial charge in [0.2, 0.25) is 24.2 Å². The third kappa shape index (κ3) is 4.48. The second-order valence-corrected chi connectivity index (χ2v) is 11.6. The minimum atomic E-state index is -3.61. The lowest BCUT2D eigenvalue weighted by molar-refractivity contribution is 0.596. The Hall–Kier alpha value is -1.97. The van der Waals surface area contributed by atoms with Gasteiger partial charge < -0.3 is 0 Å². The minimum Gasteiger partial charge on any atom is -0.283 e. The Balaban J connectivity index is 1.88. The maximum Gasteiger partial charge on any atom is 0.236 e. The molecule has 2 aromatic carbocycles. The van der Waals surface area contributed by atoms with Gasteiger partial charge in [0.25, 0.3) is 0 Å². The van der Waals surface area contributed by atoms with E-state index in [-0.39, 0.29) is 15.8 Å². The first-order valence-corrected chi connectivity index (χ1v) is 12.4. The SMILES string of the molecule is CCS(=O)(=O)c1nc2ccc(NS(=O)(=O)Cc3cc(C)ccc3C)cc2s1. The number of nitrogens with zero attached hydrogens (tertiary/aromatic N) is 1. The Morgan fingerprint density at radius 1 is 1.04 bits per heavy atom. The van der Waals surface area contributed by atoms with E-state index >= 15 is 0 Å². The molecule has 0 atom stereocenters. The van der Waals surface area contributed by atoms with Crippen LogP contribution in [-0.4, -0.2) is 27.6 Å². The van der Waals surface area contributed by atoms with Gasteiger partial charge >= 0.3 is 0 Å². The van der Waals surface area contributed by atoms with E-state index in [1.165, 1.54) is 0 Å². The molecule has 0 bridgehead atoms. The fraction of sp³-hybridized carbons (Fsp3) is 0.278. The molecule has 6 nitrogen and oxygen atoms in total. The van der Waals surface area contributed by atoms with E-state index < -0.39 is 19.9 Å². The highest BCUT2D eigenvalue weighted by Crippen LogP contribution is 2.29. The quantitative estimate of drug-likeness (QED) is 0.652. The number of rotatable bonds is 6. The van der Waals surface area contributed by atoms with Crippen molar-refractivity contribution in [2.45, 2.75) is 30.9 Å². The van der Waals surface area contributed by atoms with E-state index in [0.717, 1.165) is 28.0 Å². The largest absolute Gasteiger partial charge is 0.283 e. The molecule has 3 aromatic rings. The van der Waals surface area contributed by atoms with Crippen LogP contribution in [0.2, 0.25) is 0 Å². The van der Waals surface area contributed by atoms with Crippen LogP contribution in [0.4, 0.5) is 5.69 Å². The first-order valence-electron chi connectivity index (χ1n) is 8.29. The Labute approximate surface area is 163 Å². The molecular weight excluding hydrogens is 404 g/mol. The summed E-state index contributed by atoms with van der Waals surface area (Å²) < 4.78 is 52.3. The summed E-state index contributed by atoms with van der Waals surface area (Å²) in [4.78, 5) is 4.14. The number of sulfone groups is 1. The molecule has 1 heterocycles. The van der Waals surface area contributed by atoms with Crippen LogP contribution >= 0.6 is 11.3 Å². The van der Waals surface area contributed by atoms with Crippen molar-refractivity contribution in [3.63, 3.8) is 0 Å². The number of aryl methyl sites for hydroxylation is 2. The van der Waals surface area contributed by atoms with Crippen molar-refractivity contribution in [2.75, 3.05) is 10.5 Å². The van der Waals surface area contributed by atoms with Gasteiger partial charge in [-0.1, -0.05) is 30.7 Å². The molecule has 0 aliphatic rings. The Morgan fingerprint density at radius 2 is 1.78 bits per heavy atom. The summed E-state index contributed by atoms with van der Waals surface area (Å²) in [6.07, 6.45) is 0. The van der Waals surface area contributed by atoms with Gasteiger partial charge in [0.15, 0.2) is 0 Å². The molecule has 0 radical (unpaired) electrons. The molecule has 3 rings (SSSR count). The molecule has 9 heteroatoms. The topological polar surface area (TPSA) is 93.2 Å². The Morgan fingerprint density at radius 3 is 2.48 bits per heavy atom. The zero-order chi connectivity index (χ0) is 19.8. The van der Waals surface area contributed by atoms with Crippen molar-refractivity contribution < 1.29 is 16.8 Å². The number of anilines is 1. The summed E-state index contributed by atoms with van der Waals surface area (Å²) in [5.41, 5.74) is 3.58. The van der Waals surface area contributed by atoms with E-state index in [4.69, 9.17) is 0 Å². The Bertz CT molecular complexity index is 1210. The van der Waals surface area contributed by atoms with Crippen molar-refractivity contribution in [1.29, 1.82) is 0 Å². The highest BCUT2D eigenvalue weighted by atomic mass is 32.2. The number of fused-ring (bicyclic) bond motifs is 1. The van der Waals surface area contributed by atoms with Crippen LogP contribution < -0.4 is 4.72 Å². The summed E-state index contributed by atoms with van der Waals surface area (Å²) >= 11 is 1.04. The molecule has 0 fully saturated rings. The molecular formula is C18H20N2O4S3. The molecule has 0 saturated heterocycles. The Kier molecular flexibility index (Phi) is 5.29. The molecule has 144 valence electrons. The molecule has 0 saturated carbocycles. The standard InChI is InChI=1S/C18H20N2O4S3/c1-4-26(21,22)18-19-16-8-7-15(10-17(16)25-18)20-27(23,24)11-14-9-12(2)5-6-13(14)3/h5-10,20H,4,11H2,1-3H3. The average Bonchev–Trinajstić information content (AvgIpc) is 3.01. The van der Waals surface area contributed by atoms with Gasteiger partial charge in [0, 0.05) is 0 Å². The molecule has 1 N–H and O–H groups in total. The van der Waals surface area contributed by atoms with Gasteiger partial charge in [-0.25, -0.2) is 21.8 Å². The lowest BCUT2D eigenvalue weighted by Crippen LogP contribution is -2.15. The van der Waals surface area contributed by atoms with E-state index in [1.54, 1.807) is 25.1 Å². The van der Waals surface area contributed by atoms with E-state index in [1.807, 2.05) is 32.0 Å². The third-order valence-electron chi connectivity index (χ3n) is 4.14. The highest BCUT2D eigenvalue weighted by Gasteiger charge is 2.18. The summed E-state index contributed by atoms with van der Waals surface area (Å²) in [6.45, 7) is 5.36. The normalized spacial score (nSPS) is 12.4. The van der Waals surface area contributed by atoms with E-state index in [9.17, 15) is 16.8 Å². The monoisotopic (exact) mass is 424 g/mol. The van der Waals surface area contributed by atoms with Gasteiger partial charge in [0.1, 0.15) is 0 Å². The smallest absolute Gasteiger partial charge is 0.236 e. The maximum atomic E-state index is 12.6. The van der Waals surface area contributed by atoms with Crippen molar-refractivity contribution in [3.05, 3.63) is 53.1 Å². The van der Waals surface area contributed by atoms with Crippen molar-refractivity contribution >= 4 is 47.1 Å².